The highest BCUT2D eigenvalue weighted by Gasteiger charge is 1.95. The average molecular weight is 113 g/mol. The first kappa shape index (κ1) is 10.2. The van der Waals surface area contributed by atoms with Crippen LogP contribution >= 0.6 is 0 Å². The third kappa shape index (κ3) is 3.40. The molecule has 0 aromatic rings. The van der Waals surface area contributed by atoms with Crippen LogP contribution in [0.3, 0.4) is 0 Å². The Morgan fingerprint density at radius 2 is 2.00 bits per heavy atom. The van der Waals surface area contributed by atoms with Crippen molar-refractivity contribution in [2.45, 2.75) is 6.92 Å². The molecular formula is C6H9O2. The summed E-state index contributed by atoms with van der Waals surface area (Å²) in [5.41, 5.74) is 0.433. The molecule has 3 radical (unpaired) electrons. The van der Waals surface area contributed by atoms with E-state index < -0.39 is 0 Å². The second-order valence-corrected chi connectivity index (χ2v) is 1.27. The van der Waals surface area contributed by atoms with Crippen LogP contribution in [0.15, 0.2) is 12.2 Å². The fourth-order valence-corrected chi connectivity index (χ4v) is 0.174. The van der Waals surface area contributed by atoms with E-state index in [9.17, 15) is 4.79 Å². The molecule has 0 unspecified atom stereocenters. The molecule has 0 heterocycles. The predicted molar refractivity (Wildman–Crippen MR) is 31.1 cm³/mol. The molecule has 45 valence electrons. The molecule has 0 bridgehead atoms. The molecule has 2 heteroatoms. The second-order valence-electron chi connectivity index (χ2n) is 1.27. The molecule has 0 saturated carbocycles. The molecule has 0 amide bonds. The van der Waals surface area contributed by atoms with Gasteiger partial charge in [0.15, 0.2) is 0 Å². The number of ether oxygens (including phenoxy) is 1. The SMILES string of the molecule is C=C(C)C(=O)OC.[CH]. The van der Waals surface area contributed by atoms with Gasteiger partial charge in [-0.05, 0) is 14.4 Å². The van der Waals surface area contributed by atoms with E-state index in [0.29, 0.717) is 5.57 Å². The first-order valence-corrected chi connectivity index (χ1v) is 1.92. The van der Waals surface area contributed by atoms with Crippen LogP contribution in [-0.4, -0.2) is 13.1 Å². The molecule has 0 aliphatic rings. The molecule has 0 spiro atoms. The fourth-order valence-electron chi connectivity index (χ4n) is 0.174. The number of methoxy groups -OCH3 is 1. The molecule has 0 N–H and O–H groups in total. The Kier molecular flexibility index (Phi) is 5.60. The van der Waals surface area contributed by atoms with Gasteiger partial charge in [0.05, 0.1) is 7.11 Å². The topological polar surface area (TPSA) is 26.3 Å². The van der Waals surface area contributed by atoms with Crippen molar-refractivity contribution < 1.29 is 9.53 Å². The van der Waals surface area contributed by atoms with Gasteiger partial charge in [-0.3, -0.25) is 0 Å². The minimum atomic E-state index is -0.347. The van der Waals surface area contributed by atoms with Crippen LogP contribution in [-0.2, 0) is 9.53 Å². The highest BCUT2D eigenvalue weighted by atomic mass is 16.5. The summed E-state index contributed by atoms with van der Waals surface area (Å²) in [6.45, 7) is 4.95. The van der Waals surface area contributed by atoms with Gasteiger partial charge in [-0.15, -0.1) is 0 Å². The minimum absolute atomic E-state index is 0. The van der Waals surface area contributed by atoms with Gasteiger partial charge in [0.25, 0.3) is 0 Å². The van der Waals surface area contributed by atoms with Crippen LogP contribution < -0.4 is 0 Å². The van der Waals surface area contributed by atoms with Gasteiger partial charge in [-0.1, -0.05) is 6.58 Å². The summed E-state index contributed by atoms with van der Waals surface area (Å²) in [5, 5.41) is 0. The maximum atomic E-state index is 10.2. The van der Waals surface area contributed by atoms with E-state index in [0.717, 1.165) is 0 Å². The monoisotopic (exact) mass is 113 g/mol. The van der Waals surface area contributed by atoms with E-state index >= 15 is 0 Å². The smallest absolute Gasteiger partial charge is 0.332 e. The summed E-state index contributed by atoms with van der Waals surface area (Å²) in [5.74, 6) is -0.347. The van der Waals surface area contributed by atoms with Crippen molar-refractivity contribution in [3.8, 4) is 0 Å². The van der Waals surface area contributed by atoms with Gasteiger partial charge < -0.3 is 4.74 Å². The van der Waals surface area contributed by atoms with Crippen LogP contribution in [0.1, 0.15) is 6.92 Å². The molecular weight excluding hydrogens is 104 g/mol. The van der Waals surface area contributed by atoms with Crippen LogP contribution in [0.25, 0.3) is 0 Å². The maximum absolute atomic E-state index is 10.2. The van der Waals surface area contributed by atoms with Crippen LogP contribution in [0.4, 0.5) is 0 Å². The lowest BCUT2D eigenvalue weighted by Crippen LogP contribution is -1.98. The van der Waals surface area contributed by atoms with Gasteiger partial charge in [-0.2, -0.15) is 0 Å². The zero-order chi connectivity index (χ0) is 5.86. The number of carbonyl (C=O) groups is 1. The molecule has 0 aromatic carbocycles. The van der Waals surface area contributed by atoms with E-state index in [4.69, 9.17) is 0 Å². The molecule has 0 aliphatic heterocycles. The molecule has 8 heavy (non-hydrogen) atoms. The molecule has 0 rings (SSSR count). The highest BCUT2D eigenvalue weighted by Crippen LogP contribution is 1.87. The van der Waals surface area contributed by atoms with Crippen LogP contribution in [0, 0.1) is 7.43 Å². The standard InChI is InChI=1S/C5H8O2.CH/c1-4(2)5(6)7-3;/h1H2,2-3H3;1H. The number of hydrogen-bond acceptors (Lipinski definition) is 2. The number of carbonyl (C=O) groups excluding carboxylic acids is 1. The zero-order valence-corrected chi connectivity index (χ0v) is 5.10. The van der Waals surface area contributed by atoms with E-state index in [1.165, 1.54) is 7.11 Å². The minimum Gasteiger partial charge on any atom is -0.466 e. The number of hydrogen-bond donors (Lipinski definition) is 0. The molecule has 0 aromatic heterocycles. The van der Waals surface area contributed by atoms with Crippen molar-refractivity contribution in [2.24, 2.45) is 0 Å². The number of rotatable bonds is 1. The van der Waals surface area contributed by atoms with Crippen LogP contribution in [0.2, 0.25) is 0 Å². The lowest BCUT2D eigenvalue weighted by molar-refractivity contribution is -0.135. The van der Waals surface area contributed by atoms with Gasteiger partial charge >= 0.3 is 5.97 Å². The summed E-state index contributed by atoms with van der Waals surface area (Å²) in [7, 11) is 1.33. The Hall–Kier alpha value is -0.790. The Morgan fingerprint density at radius 3 is 2.00 bits per heavy atom. The summed E-state index contributed by atoms with van der Waals surface area (Å²) in [6, 6.07) is 0. The molecule has 0 saturated heterocycles. The average Bonchev–Trinajstić information content (AvgIpc) is 1.65. The van der Waals surface area contributed by atoms with Crippen molar-refractivity contribution >= 4 is 5.97 Å². The summed E-state index contributed by atoms with van der Waals surface area (Å²) >= 11 is 0. The van der Waals surface area contributed by atoms with E-state index in [1.807, 2.05) is 0 Å². The maximum Gasteiger partial charge on any atom is 0.332 e. The molecule has 0 atom stereocenters. The van der Waals surface area contributed by atoms with E-state index in [1.54, 1.807) is 6.92 Å². The van der Waals surface area contributed by atoms with Crippen molar-refractivity contribution in [1.82, 2.24) is 0 Å². The molecule has 2 nitrogen and oxygen atoms in total. The number of esters is 1. The van der Waals surface area contributed by atoms with Crippen molar-refractivity contribution in [3.05, 3.63) is 19.6 Å². The highest BCUT2D eigenvalue weighted by molar-refractivity contribution is 5.86. The van der Waals surface area contributed by atoms with Gasteiger partial charge in [0.1, 0.15) is 0 Å². The second kappa shape index (κ2) is 4.37. The quantitative estimate of drug-likeness (QED) is 0.373. The predicted octanol–water partition coefficient (Wildman–Crippen LogP) is 0.940. The lowest BCUT2D eigenvalue weighted by Gasteiger charge is -1.91. The first-order chi connectivity index (χ1) is 3.18. The van der Waals surface area contributed by atoms with Gasteiger partial charge in [-0.25, -0.2) is 4.79 Å². The van der Waals surface area contributed by atoms with Crippen LogP contribution in [0.5, 0.6) is 0 Å². The lowest BCUT2D eigenvalue weighted by atomic mass is 10.4. The molecule has 0 fully saturated rings. The summed E-state index contributed by atoms with van der Waals surface area (Å²) < 4.78 is 4.27. The Morgan fingerprint density at radius 1 is 1.62 bits per heavy atom. The Labute approximate surface area is 50.2 Å². The van der Waals surface area contributed by atoms with Crippen molar-refractivity contribution in [1.29, 1.82) is 0 Å². The van der Waals surface area contributed by atoms with Crippen molar-refractivity contribution in [3.63, 3.8) is 0 Å². The third-order valence-corrected chi connectivity index (χ3v) is 0.534. The fraction of sp³-hybridized carbons (Fsp3) is 0.333. The Balaban J connectivity index is 0. The first-order valence-electron chi connectivity index (χ1n) is 1.92. The zero-order valence-electron chi connectivity index (χ0n) is 5.10. The van der Waals surface area contributed by atoms with Gasteiger partial charge in [0, 0.05) is 5.57 Å². The van der Waals surface area contributed by atoms with E-state index in [2.05, 4.69) is 11.3 Å². The summed E-state index contributed by atoms with van der Waals surface area (Å²) in [4.78, 5) is 10.2. The van der Waals surface area contributed by atoms with Crippen molar-refractivity contribution in [2.75, 3.05) is 7.11 Å². The third-order valence-electron chi connectivity index (χ3n) is 0.534. The normalized spacial score (nSPS) is 6.75. The summed E-state index contributed by atoms with van der Waals surface area (Å²) in [6.07, 6.45) is 0. The Bertz CT molecular complexity index is 94.7. The van der Waals surface area contributed by atoms with E-state index in [-0.39, 0.29) is 13.4 Å². The largest absolute Gasteiger partial charge is 0.466 e. The van der Waals surface area contributed by atoms with Gasteiger partial charge in [0.2, 0.25) is 0 Å². The molecule has 0 aliphatic carbocycles.